The standard InChI is InChI=1S/C20H27N3O4/c1-12(2)18-21-19(27-22-18)14-7-9-23(10-8-14)17(20(24)25)15-11-13(3)5-6-16(15)26-4/h5-6,11-12,14,17H,7-10H2,1-4H3,(H,24,25). The fraction of sp³-hybridized carbons (Fsp3) is 0.550. The topological polar surface area (TPSA) is 88.7 Å². The molecule has 1 aromatic heterocycles. The number of ether oxygens (including phenoxy) is 1. The summed E-state index contributed by atoms with van der Waals surface area (Å²) in [4.78, 5) is 18.6. The molecule has 0 saturated carbocycles. The highest BCUT2D eigenvalue weighted by atomic mass is 16.5. The number of methoxy groups -OCH3 is 1. The number of aliphatic carboxylic acids is 1. The molecular formula is C20H27N3O4. The minimum Gasteiger partial charge on any atom is -0.496 e. The third-order valence-corrected chi connectivity index (χ3v) is 5.13. The van der Waals surface area contributed by atoms with Gasteiger partial charge in [0, 0.05) is 30.5 Å². The molecular weight excluding hydrogens is 346 g/mol. The zero-order valence-electron chi connectivity index (χ0n) is 16.3. The summed E-state index contributed by atoms with van der Waals surface area (Å²) in [6.45, 7) is 7.32. The molecule has 7 heteroatoms. The van der Waals surface area contributed by atoms with E-state index in [9.17, 15) is 9.90 Å². The molecule has 7 nitrogen and oxygen atoms in total. The molecule has 1 aromatic carbocycles. The summed E-state index contributed by atoms with van der Waals surface area (Å²) in [5.74, 6) is 1.53. The molecule has 1 unspecified atom stereocenters. The highest BCUT2D eigenvalue weighted by Crippen LogP contribution is 2.35. The summed E-state index contributed by atoms with van der Waals surface area (Å²) in [7, 11) is 1.57. The Hall–Kier alpha value is -2.41. The van der Waals surface area contributed by atoms with E-state index in [0.29, 0.717) is 30.3 Å². The van der Waals surface area contributed by atoms with Crippen LogP contribution >= 0.6 is 0 Å². The van der Waals surface area contributed by atoms with Crippen LogP contribution in [0.1, 0.15) is 67.4 Å². The van der Waals surface area contributed by atoms with Crippen LogP contribution in [0.2, 0.25) is 0 Å². The summed E-state index contributed by atoms with van der Waals surface area (Å²) in [6, 6.07) is 4.93. The number of aromatic nitrogens is 2. The van der Waals surface area contributed by atoms with Crippen molar-refractivity contribution >= 4 is 5.97 Å². The van der Waals surface area contributed by atoms with Crippen molar-refractivity contribution in [2.24, 2.45) is 0 Å². The third kappa shape index (κ3) is 4.13. The molecule has 1 aliphatic heterocycles. The van der Waals surface area contributed by atoms with Gasteiger partial charge in [-0.2, -0.15) is 4.98 Å². The Morgan fingerprint density at radius 3 is 2.59 bits per heavy atom. The first kappa shape index (κ1) is 19.4. The van der Waals surface area contributed by atoms with Crippen molar-refractivity contribution in [1.29, 1.82) is 0 Å². The molecule has 3 rings (SSSR count). The lowest BCUT2D eigenvalue weighted by Gasteiger charge is -2.35. The first-order valence-corrected chi connectivity index (χ1v) is 9.35. The lowest BCUT2D eigenvalue weighted by Crippen LogP contribution is -2.40. The second-order valence-corrected chi connectivity index (χ2v) is 7.44. The maximum atomic E-state index is 12.1. The maximum absolute atomic E-state index is 12.1. The number of hydrogen-bond donors (Lipinski definition) is 1. The SMILES string of the molecule is COc1ccc(C)cc1C(C(=O)O)N1CCC(c2nc(C(C)C)no2)CC1. The molecule has 0 spiro atoms. The molecule has 146 valence electrons. The van der Waals surface area contributed by atoms with Gasteiger partial charge in [-0.3, -0.25) is 9.69 Å². The molecule has 2 aromatic rings. The van der Waals surface area contributed by atoms with E-state index in [1.54, 1.807) is 7.11 Å². The number of nitrogens with zero attached hydrogens (tertiary/aromatic N) is 3. The van der Waals surface area contributed by atoms with Crippen LogP contribution in [0.15, 0.2) is 22.7 Å². The van der Waals surface area contributed by atoms with Gasteiger partial charge >= 0.3 is 5.97 Å². The van der Waals surface area contributed by atoms with Crippen molar-refractivity contribution < 1.29 is 19.2 Å². The van der Waals surface area contributed by atoms with Crippen LogP contribution in [-0.4, -0.2) is 46.3 Å². The first-order valence-electron chi connectivity index (χ1n) is 9.35. The molecule has 0 amide bonds. The molecule has 0 aliphatic carbocycles. The molecule has 1 saturated heterocycles. The number of piperidine rings is 1. The fourth-order valence-electron chi connectivity index (χ4n) is 3.61. The molecule has 1 atom stereocenters. The number of benzene rings is 1. The van der Waals surface area contributed by atoms with Gasteiger partial charge in [-0.15, -0.1) is 0 Å². The Labute approximate surface area is 159 Å². The summed E-state index contributed by atoms with van der Waals surface area (Å²) in [5.41, 5.74) is 1.71. The average molecular weight is 373 g/mol. The van der Waals surface area contributed by atoms with Gasteiger partial charge in [-0.25, -0.2) is 0 Å². The first-order chi connectivity index (χ1) is 12.9. The maximum Gasteiger partial charge on any atom is 0.325 e. The number of rotatable bonds is 6. The number of carboxylic acids is 1. The molecule has 1 N–H and O–H groups in total. The summed E-state index contributed by atoms with van der Waals surface area (Å²) in [5, 5.41) is 13.9. The largest absolute Gasteiger partial charge is 0.496 e. The Bertz CT molecular complexity index is 794. The summed E-state index contributed by atoms with van der Waals surface area (Å²) >= 11 is 0. The zero-order chi connectivity index (χ0) is 19.6. The minimum atomic E-state index is -0.864. The van der Waals surface area contributed by atoms with Gasteiger partial charge in [0.2, 0.25) is 5.89 Å². The Morgan fingerprint density at radius 1 is 1.33 bits per heavy atom. The average Bonchev–Trinajstić information content (AvgIpc) is 3.13. The summed E-state index contributed by atoms with van der Waals surface area (Å²) in [6.07, 6.45) is 1.58. The van der Waals surface area contributed by atoms with E-state index >= 15 is 0 Å². The molecule has 1 aliphatic rings. The predicted octanol–water partition coefficient (Wildman–Crippen LogP) is 3.52. The molecule has 1 fully saturated rings. The lowest BCUT2D eigenvalue weighted by atomic mass is 9.93. The van der Waals surface area contributed by atoms with Gasteiger partial charge in [0.1, 0.15) is 11.8 Å². The van der Waals surface area contributed by atoms with Crippen LogP contribution in [0, 0.1) is 6.92 Å². The predicted molar refractivity (Wildman–Crippen MR) is 100 cm³/mol. The third-order valence-electron chi connectivity index (χ3n) is 5.13. The van der Waals surface area contributed by atoms with E-state index in [-0.39, 0.29) is 11.8 Å². The Balaban J connectivity index is 1.76. The van der Waals surface area contributed by atoms with Gasteiger partial charge in [0.25, 0.3) is 0 Å². The van der Waals surface area contributed by atoms with Crippen molar-refractivity contribution in [3.8, 4) is 5.75 Å². The van der Waals surface area contributed by atoms with E-state index in [1.165, 1.54) is 0 Å². The Morgan fingerprint density at radius 2 is 2.04 bits per heavy atom. The normalized spacial score (nSPS) is 17.2. The Kier molecular flexibility index (Phi) is 5.79. The smallest absolute Gasteiger partial charge is 0.325 e. The number of aryl methyl sites for hydroxylation is 1. The number of likely N-dealkylation sites (tertiary alicyclic amines) is 1. The van der Waals surface area contributed by atoms with Crippen LogP contribution in [-0.2, 0) is 4.79 Å². The number of carbonyl (C=O) groups is 1. The van der Waals surface area contributed by atoms with Crippen molar-refractivity contribution in [3.63, 3.8) is 0 Å². The van der Waals surface area contributed by atoms with Crippen LogP contribution in [0.25, 0.3) is 0 Å². The zero-order valence-corrected chi connectivity index (χ0v) is 16.3. The van der Waals surface area contributed by atoms with E-state index in [4.69, 9.17) is 9.26 Å². The summed E-state index contributed by atoms with van der Waals surface area (Å²) < 4.78 is 10.8. The number of hydrogen-bond acceptors (Lipinski definition) is 6. The molecule has 0 radical (unpaired) electrons. The monoisotopic (exact) mass is 373 g/mol. The molecule has 0 bridgehead atoms. The van der Waals surface area contributed by atoms with Crippen molar-refractivity contribution in [1.82, 2.24) is 15.0 Å². The van der Waals surface area contributed by atoms with Crippen LogP contribution < -0.4 is 4.74 Å². The van der Waals surface area contributed by atoms with Crippen LogP contribution in [0.4, 0.5) is 0 Å². The van der Waals surface area contributed by atoms with E-state index < -0.39 is 12.0 Å². The van der Waals surface area contributed by atoms with Crippen LogP contribution in [0.5, 0.6) is 5.75 Å². The minimum absolute atomic E-state index is 0.176. The van der Waals surface area contributed by atoms with Crippen molar-refractivity contribution in [2.45, 2.75) is 51.5 Å². The van der Waals surface area contributed by atoms with Crippen molar-refractivity contribution in [2.75, 3.05) is 20.2 Å². The van der Waals surface area contributed by atoms with E-state index in [1.807, 2.05) is 43.9 Å². The van der Waals surface area contributed by atoms with Crippen molar-refractivity contribution in [3.05, 3.63) is 41.0 Å². The van der Waals surface area contributed by atoms with Gasteiger partial charge in [-0.05, 0) is 25.8 Å². The highest BCUT2D eigenvalue weighted by molar-refractivity contribution is 5.77. The van der Waals surface area contributed by atoms with E-state index in [2.05, 4.69) is 10.1 Å². The van der Waals surface area contributed by atoms with Gasteiger partial charge in [0.15, 0.2) is 5.82 Å². The fourth-order valence-corrected chi connectivity index (χ4v) is 3.61. The van der Waals surface area contributed by atoms with Gasteiger partial charge < -0.3 is 14.4 Å². The second-order valence-electron chi connectivity index (χ2n) is 7.44. The van der Waals surface area contributed by atoms with Crippen LogP contribution in [0.3, 0.4) is 0 Å². The van der Waals surface area contributed by atoms with E-state index in [0.717, 1.165) is 24.2 Å². The van der Waals surface area contributed by atoms with Gasteiger partial charge in [-0.1, -0.05) is 36.7 Å². The second kappa shape index (κ2) is 8.08. The molecule has 2 heterocycles. The highest BCUT2D eigenvalue weighted by Gasteiger charge is 2.34. The van der Waals surface area contributed by atoms with Gasteiger partial charge in [0.05, 0.1) is 7.11 Å². The lowest BCUT2D eigenvalue weighted by molar-refractivity contribution is -0.144. The number of carboxylic acid groups (broad SMARTS) is 1. The quantitative estimate of drug-likeness (QED) is 0.829. The molecule has 27 heavy (non-hydrogen) atoms.